The zero-order valence-corrected chi connectivity index (χ0v) is 91.6. The van der Waals surface area contributed by atoms with E-state index in [0.717, 1.165) is 49.7 Å². The lowest BCUT2D eigenvalue weighted by molar-refractivity contribution is -0.152. The molecule has 150 heavy (non-hydrogen) atoms. The van der Waals surface area contributed by atoms with Gasteiger partial charge in [-0.1, -0.05) is 158 Å². The number of nitrogens with one attached hydrogen (secondary N) is 15. The van der Waals surface area contributed by atoms with E-state index in [1.807, 2.05) is 31.2 Å². The molecule has 3 aromatic carbocycles. The number of alkyl carbamates (subject to hydrolysis) is 3. The van der Waals surface area contributed by atoms with Gasteiger partial charge in [0.05, 0.1) is 6.54 Å². The number of hydrogen-bond acceptors (Lipinski definition) is 25. The van der Waals surface area contributed by atoms with Crippen molar-refractivity contribution in [2.75, 3.05) is 31.9 Å². The number of aryl methyl sites for hydroxylation is 1. The standard InChI is InChI=1S/C106H160Cl2N16O25S/c1-62(2)53-81(95(133)113-67(10)90(128)116-79(47-49-89(127)148-74-35-20-17-21-36-74)94(132)121-83(55-64(5)6)97(135)122-82(54-63(3)4)96(134)118-80(102(140)141)40-27-29-51-110-104(143)146-59-72-32-23-25-38-76(72)108)119-91(129)68(11)112-92(130)77(39-26-28-50-109-103(142)145-58-71-31-22-24-37-75(71)107)117-99(137)85(61-150-60-70-44-42-66(9)43-45-70)123-98(136)84(56-65(7)8)120-93(131)78(46-48-88(126)147-73-33-18-16-19-34-73)115-87(125)57-111-100(138)86-41-30-52-124(86)101(139)69(12)114-105(144)149-106(13,14)15/h22-25,31-32,37-38,42-45,62-65,67-69,73-74,77-86H,16-21,26-30,33-36,39-41,46-61H2,1-15H3,(H,109,142)(H,110,143)(H,111,138)(H,112,130)(H,113,133)(H,114,144)(H,115,125)(H,116,128)(H,117,137)(H,118,134)(H,119,129)(H,120,131)(H,121,132)(H,122,135)(H,123,136)(H,140,141)/t67-,68-,69+,77-,78-,79-,80-,81-,82-,83-,84-,85-,86-/m0/s1. The minimum Gasteiger partial charge on any atom is -0.480 e. The number of aliphatic carboxylic acids is 1. The van der Waals surface area contributed by atoms with Gasteiger partial charge in [-0.05, 0) is 231 Å². The van der Waals surface area contributed by atoms with E-state index < -0.39 is 210 Å². The maximum absolute atomic E-state index is 15.3. The van der Waals surface area contributed by atoms with Gasteiger partial charge in [-0.25, -0.2) is 19.2 Å². The van der Waals surface area contributed by atoms with Crippen molar-refractivity contribution in [1.82, 2.24) is 84.7 Å². The molecule has 0 bridgehead atoms. The third-order valence-corrected chi connectivity index (χ3v) is 26.9. The van der Waals surface area contributed by atoms with Gasteiger partial charge in [0.1, 0.15) is 110 Å². The van der Waals surface area contributed by atoms with Crippen molar-refractivity contribution in [3.63, 3.8) is 0 Å². The highest BCUT2D eigenvalue weighted by Gasteiger charge is 2.41. The van der Waals surface area contributed by atoms with Gasteiger partial charge in [-0.2, -0.15) is 11.8 Å². The van der Waals surface area contributed by atoms with Gasteiger partial charge in [-0.3, -0.25) is 71.9 Å². The van der Waals surface area contributed by atoms with Crippen LogP contribution in [0.3, 0.4) is 0 Å². The molecule has 1 aliphatic heterocycles. The molecule has 3 fully saturated rings. The summed E-state index contributed by atoms with van der Waals surface area (Å²) in [5.74, 6) is -14.9. The summed E-state index contributed by atoms with van der Waals surface area (Å²) in [6, 6.07) is 2.90. The van der Waals surface area contributed by atoms with Crippen LogP contribution in [-0.4, -0.2) is 251 Å². The van der Waals surface area contributed by atoms with E-state index >= 15 is 14.4 Å². The van der Waals surface area contributed by atoms with E-state index in [1.165, 1.54) is 37.4 Å². The largest absolute Gasteiger partial charge is 0.480 e. The summed E-state index contributed by atoms with van der Waals surface area (Å²) in [5.41, 5.74) is 2.09. The first-order chi connectivity index (χ1) is 71.0. The Hall–Kier alpha value is -12.1. The maximum atomic E-state index is 15.3. The number of benzene rings is 3. The van der Waals surface area contributed by atoms with Gasteiger partial charge >= 0.3 is 36.2 Å². The smallest absolute Gasteiger partial charge is 0.408 e. The Bertz CT molecular complexity index is 4960. The molecule has 1 heterocycles. The predicted octanol–water partition coefficient (Wildman–Crippen LogP) is 9.70. The molecule has 1 saturated heterocycles. The van der Waals surface area contributed by atoms with Gasteiger partial charge in [0, 0.05) is 65.2 Å². The maximum Gasteiger partial charge on any atom is 0.408 e. The summed E-state index contributed by atoms with van der Waals surface area (Å²) < 4.78 is 27.6. The molecule has 2 saturated carbocycles. The fraction of sp³-hybridized carbons (Fsp3) is 0.651. The monoisotopic (exact) mass is 2160 g/mol. The first kappa shape index (κ1) is 127. The number of unbranched alkanes of at least 4 members (excludes halogenated alkanes) is 2. The van der Waals surface area contributed by atoms with Crippen LogP contribution in [0.25, 0.3) is 0 Å². The average molecular weight is 2160 g/mol. The molecule has 13 atom stereocenters. The number of esters is 2. The number of likely N-dealkylation sites (tertiary alicyclic amines) is 1. The van der Waals surface area contributed by atoms with Gasteiger partial charge in [0.2, 0.25) is 76.8 Å². The molecular formula is C106H160Cl2N16O25S. The minimum atomic E-state index is -1.59. The van der Waals surface area contributed by atoms with Crippen LogP contribution in [0.15, 0.2) is 72.8 Å². The van der Waals surface area contributed by atoms with Gasteiger partial charge in [0.15, 0.2) is 0 Å². The second kappa shape index (κ2) is 65.9. The van der Waals surface area contributed by atoms with Crippen molar-refractivity contribution < 1.29 is 120 Å². The molecule has 2 aliphatic carbocycles. The molecule has 834 valence electrons. The minimum absolute atomic E-state index is 0.00336. The van der Waals surface area contributed by atoms with Crippen molar-refractivity contribution in [2.45, 2.75) is 386 Å². The van der Waals surface area contributed by atoms with E-state index in [9.17, 15) is 81.8 Å². The molecule has 44 heteroatoms. The van der Waals surface area contributed by atoms with Crippen molar-refractivity contribution in [3.8, 4) is 0 Å². The number of nitrogens with zero attached hydrogens (tertiary/aromatic N) is 1. The molecule has 3 aromatic rings. The molecular weight excluding hydrogens is 2000 g/mol. The van der Waals surface area contributed by atoms with Crippen LogP contribution in [0, 0.1) is 30.6 Å². The van der Waals surface area contributed by atoms with Crippen LogP contribution in [-0.2, 0) is 119 Å². The quantitative estimate of drug-likeness (QED) is 0.0142. The zero-order valence-electron chi connectivity index (χ0n) is 89.3. The third kappa shape index (κ3) is 48.5. The van der Waals surface area contributed by atoms with Crippen molar-refractivity contribution >= 4 is 148 Å². The SMILES string of the molecule is Cc1ccc(CSC[C@H](NC(=O)[C@H](CC(C)C)NC(=O)[C@H](CCC(=O)OC2CCCCC2)NC(=O)CNC(=O)[C@@H]2CCCN2C(=O)[C@@H](C)NC(=O)OC(C)(C)C)C(=O)N[C@@H](CCCCNC(=O)OCc2ccccc2Cl)C(=O)N[C@@H](C)C(=O)N[C@@H](CC(C)C)C(=O)N[C@@H](C)C(=O)N[C@@H](CCC(=O)OC2CCCCC2)C(=O)N[C@@H](CC(C)C)C(=O)N[C@@H](CC(C)C)C(=O)N[C@@H](CCCCNC(=O)OCc2ccccc2Cl)C(=O)O)cc1. The van der Waals surface area contributed by atoms with Crippen LogP contribution in [0.1, 0.15) is 286 Å². The first-order valence-electron chi connectivity index (χ1n) is 52.5. The third-order valence-electron chi connectivity index (χ3n) is 25.1. The van der Waals surface area contributed by atoms with Crippen LogP contribution in [0.5, 0.6) is 0 Å². The lowest BCUT2D eigenvalue weighted by Gasteiger charge is -2.28. The van der Waals surface area contributed by atoms with E-state index in [-0.39, 0.29) is 158 Å². The van der Waals surface area contributed by atoms with Crippen molar-refractivity contribution in [2.24, 2.45) is 23.7 Å². The summed E-state index contributed by atoms with van der Waals surface area (Å²) >= 11 is 13.7. The van der Waals surface area contributed by atoms with Gasteiger partial charge in [0.25, 0.3) is 0 Å². The summed E-state index contributed by atoms with van der Waals surface area (Å²) in [5, 5.41) is 50.8. The highest BCUT2D eigenvalue weighted by atomic mass is 35.5. The number of amides is 16. The molecule has 41 nitrogen and oxygen atoms in total. The number of carboxylic acid groups (broad SMARTS) is 1. The zero-order chi connectivity index (χ0) is 111. The molecule has 0 radical (unpaired) electrons. The number of carboxylic acids is 1. The summed E-state index contributed by atoms with van der Waals surface area (Å²) in [6.07, 6.45) is 4.30. The van der Waals surface area contributed by atoms with Crippen LogP contribution in [0.4, 0.5) is 14.4 Å². The topological polar surface area (TPSA) is 574 Å². The Morgan fingerprint density at radius 2 is 0.773 bits per heavy atom. The second-order valence-electron chi connectivity index (χ2n) is 41.5. The lowest BCUT2D eigenvalue weighted by Crippen LogP contribution is -2.60. The molecule has 0 unspecified atom stereocenters. The first-order valence-corrected chi connectivity index (χ1v) is 54.4. The molecule has 16 N–H and O–H groups in total. The fourth-order valence-electron chi connectivity index (χ4n) is 17.0. The normalized spacial score (nSPS) is 16.2. The Kier molecular flexibility index (Phi) is 55.6. The Morgan fingerprint density at radius 3 is 1.21 bits per heavy atom. The van der Waals surface area contributed by atoms with Crippen LogP contribution >= 0.6 is 35.0 Å². The number of carbonyl (C=O) groups is 19. The highest BCUT2D eigenvalue weighted by Crippen LogP contribution is 2.27. The van der Waals surface area contributed by atoms with Crippen molar-refractivity contribution in [1.29, 1.82) is 0 Å². The van der Waals surface area contributed by atoms with E-state index in [1.54, 1.807) is 125 Å². The molecule has 16 amide bonds. The Labute approximate surface area is 894 Å². The van der Waals surface area contributed by atoms with Crippen molar-refractivity contribution in [3.05, 3.63) is 105 Å². The van der Waals surface area contributed by atoms with Crippen LogP contribution in [0.2, 0.25) is 10.0 Å². The Morgan fingerprint density at radius 1 is 0.400 bits per heavy atom. The predicted molar refractivity (Wildman–Crippen MR) is 563 cm³/mol. The number of hydrogen-bond donors (Lipinski definition) is 16. The van der Waals surface area contributed by atoms with E-state index in [2.05, 4.69) is 79.8 Å². The number of ether oxygens (including phenoxy) is 5. The summed E-state index contributed by atoms with van der Waals surface area (Å²) in [6.45, 7) is 24.4. The fourth-order valence-corrected chi connectivity index (χ4v) is 18.4. The molecule has 6 rings (SSSR count). The average Bonchev–Trinajstić information content (AvgIpc) is 1.68. The van der Waals surface area contributed by atoms with Crippen LogP contribution < -0.4 is 79.8 Å². The summed E-state index contributed by atoms with van der Waals surface area (Å²) in [7, 11) is 0. The van der Waals surface area contributed by atoms with E-state index in [4.69, 9.17) is 46.9 Å². The van der Waals surface area contributed by atoms with Gasteiger partial charge in [-0.15, -0.1) is 0 Å². The number of thioether (sulfide) groups is 1. The Balaban J connectivity index is 1.21. The molecule has 3 aliphatic rings. The van der Waals surface area contributed by atoms with Gasteiger partial charge < -0.3 is 113 Å². The lowest BCUT2D eigenvalue weighted by atomic mass is 9.98. The number of halogens is 2. The second-order valence-corrected chi connectivity index (χ2v) is 43.3. The highest BCUT2D eigenvalue weighted by molar-refractivity contribution is 7.98. The molecule has 0 spiro atoms. The summed E-state index contributed by atoms with van der Waals surface area (Å²) in [4.78, 5) is 268. The number of rotatable bonds is 61. The number of carbonyl (C=O) groups excluding carboxylic acids is 18. The molecule has 0 aromatic heterocycles. The van der Waals surface area contributed by atoms with E-state index in [0.29, 0.717) is 65.4 Å².